The highest BCUT2D eigenvalue weighted by Gasteiger charge is 2.32. The highest BCUT2D eigenvalue weighted by molar-refractivity contribution is 6.04. The van der Waals surface area contributed by atoms with Crippen molar-refractivity contribution in [3.8, 4) is 0 Å². The number of fused-ring (bicyclic) bond motifs is 1. The molecule has 3 heterocycles. The summed E-state index contributed by atoms with van der Waals surface area (Å²) in [4.78, 5) is 34.1. The van der Waals surface area contributed by atoms with Crippen molar-refractivity contribution in [3.05, 3.63) is 34.8 Å². The van der Waals surface area contributed by atoms with E-state index in [4.69, 9.17) is 0 Å². The van der Waals surface area contributed by atoms with Gasteiger partial charge in [-0.1, -0.05) is 0 Å². The Balaban J connectivity index is 1.64. The van der Waals surface area contributed by atoms with Gasteiger partial charge in [-0.15, -0.1) is 0 Å². The van der Waals surface area contributed by atoms with E-state index >= 15 is 0 Å². The molecular formula is C22H30N6O2. The number of anilines is 2. The van der Waals surface area contributed by atoms with E-state index < -0.39 is 0 Å². The molecule has 0 bridgehead atoms. The Morgan fingerprint density at radius 2 is 2.07 bits per heavy atom. The number of aryl methyl sites for hydroxylation is 2. The van der Waals surface area contributed by atoms with Crippen LogP contribution in [0.1, 0.15) is 54.0 Å². The molecule has 2 aromatic rings. The molecule has 0 unspecified atom stereocenters. The number of carbonyl (C=O) groups is 2. The molecular weight excluding hydrogens is 380 g/mol. The molecule has 0 radical (unpaired) electrons. The average molecular weight is 411 g/mol. The Bertz CT molecular complexity index is 992. The van der Waals surface area contributed by atoms with E-state index in [1.807, 2.05) is 50.4 Å². The summed E-state index contributed by atoms with van der Waals surface area (Å²) >= 11 is 0. The number of hydrogen-bond acceptors (Lipinski definition) is 5. The van der Waals surface area contributed by atoms with Gasteiger partial charge in [-0.25, -0.2) is 4.98 Å². The van der Waals surface area contributed by atoms with Crippen molar-refractivity contribution in [2.24, 2.45) is 13.0 Å². The van der Waals surface area contributed by atoms with Gasteiger partial charge in [0.15, 0.2) is 0 Å². The smallest absolute Gasteiger partial charge is 0.256 e. The quantitative estimate of drug-likeness (QED) is 0.792. The van der Waals surface area contributed by atoms with E-state index in [2.05, 4.69) is 15.4 Å². The van der Waals surface area contributed by atoms with Crippen LogP contribution in [0, 0.1) is 19.8 Å². The summed E-state index contributed by atoms with van der Waals surface area (Å²) in [6.07, 6.45) is 3.92. The van der Waals surface area contributed by atoms with Crippen LogP contribution in [-0.4, -0.2) is 50.6 Å². The third-order valence-electron chi connectivity index (χ3n) is 6.12. The fraction of sp³-hybridized carbons (Fsp3) is 0.545. The van der Waals surface area contributed by atoms with E-state index in [0.29, 0.717) is 36.1 Å². The van der Waals surface area contributed by atoms with Crippen molar-refractivity contribution in [1.82, 2.24) is 19.7 Å². The summed E-state index contributed by atoms with van der Waals surface area (Å²) < 4.78 is 1.85. The highest BCUT2D eigenvalue weighted by Crippen LogP contribution is 2.35. The summed E-state index contributed by atoms with van der Waals surface area (Å²) in [7, 11) is 1.92. The SMILES string of the molecule is Cc1nn(C)c(C)c1CN(C(=O)c1cnc2c(c1)N(CC1CC1)C(=O)CN2)C(C)C. The first-order valence-corrected chi connectivity index (χ1v) is 10.6. The molecule has 160 valence electrons. The third-order valence-corrected chi connectivity index (χ3v) is 6.12. The third kappa shape index (κ3) is 3.78. The van der Waals surface area contributed by atoms with Crippen LogP contribution in [0.5, 0.6) is 0 Å². The second-order valence-corrected chi connectivity index (χ2v) is 8.69. The molecule has 8 heteroatoms. The van der Waals surface area contributed by atoms with Crippen molar-refractivity contribution in [3.63, 3.8) is 0 Å². The number of rotatable bonds is 6. The number of aromatic nitrogens is 3. The van der Waals surface area contributed by atoms with Crippen LogP contribution in [0.25, 0.3) is 0 Å². The fourth-order valence-electron chi connectivity index (χ4n) is 3.93. The van der Waals surface area contributed by atoms with Gasteiger partial charge in [-0.3, -0.25) is 14.3 Å². The molecule has 0 atom stereocenters. The Kier molecular flexibility index (Phi) is 5.26. The van der Waals surface area contributed by atoms with Crippen molar-refractivity contribution >= 4 is 23.3 Å². The molecule has 4 rings (SSSR count). The number of nitrogens with one attached hydrogen (secondary N) is 1. The highest BCUT2D eigenvalue weighted by atomic mass is 16.2. The lowest BCUT2D eigenvalue weighted by molar-refractivity contribution is -0.117. The number of carbonyl (C=O) groups excluding carboxylic acids is 2. The van der Waals surface area contributed by atoms with Crippen LogP contribution in [0.15, 0.2) is 12.3 Å². The Morgan fingerprint density at radius 1 is 1.33 bits per heavy atom. The molecule has 1 N–H and O–H groups in total. The molecule has 30 heavy (non-hydrogen) atoms. The van der Waals surface area contributed by atoms with Crippen molar-refractivity contribution in [2.45, 2.75) is 53.1 Å². The topological polar surface area (TPSA) is 83.4 Å². The maximum atomic E-state index is 13.5. The zero-order valence-electron chi connectivity index (χ0n) is 18.4. The number of amides is 2. The molecule has 1 aliphatic carbocycles. The van der Waals surface area contributed by atoms with Gasteiger partial charge in [0.2, 0.25) is 5.91 Å². The normalized spacial score (nSPS) is 15.9. The Morgan fingerprint density at radius 3 is 2.67 bits per heavy atom. The molecule has 8 nitrogen and oxygen atoms in total. The first-order valence-electron chi connectivity index (χ1n) is 10.6. The lowest BCUT2D eigenvalue weighted by atomic mass is 10.1. The molecule has 0 aromatic carbocycles. The predicted octanol–water partition coefficient (Wildman–Crippen LogP) is 2.65. The van der Waals surface area contributed by atoms with Crippen LogP contribution >= 0.6 is 0 Å². The van der Waals surface area contributed by atoms with E-state index in [1.54, 1.807) is 11.1 Å². The van der Waals surface area contributed by atoms with Crippen LogP contribution in [0.3, 0.4) is 0 Å². The van der Waals surface area contributed by atoms with E-state index in [-0.39, 0.29) is 24.4 Å². The van der Waals surface area contributed by atoms with Crippen LogP contribution < -0.4 is 10.2 Å². The molecule has 2 aliphatic rings. The van der Waals surface area contributed by atoms with E-state index in [1.165, 1.54) is 0 Å². The zero-order valence-corrected chi connectivity index (χ0v) is 18.4. The largest absolute Gasteiger partial charge is 0.359 e. The van der Waals surface area contributed by atoms with E-state index in [9.17, 15) is 9.59 Å². The maximum absolute atomic E-state index is 13.5. The molecule has 1 saturated carbocycles. The Labute approximate surface area is 177 Å². The summed E-state index contributed by atoms with van der Waals surface area (Å²) in [5.74, 6) is 1.17. The van der Waals surface area contributed by atoms with E-state index in [0.717, 1.165) is 29.8 Å². The first-order chi connectivity index (χ1) is 14.3. The van der Waals surface area contributed by atoms with Gasteiger partial charge in [0.1, 0.15) is 5.82 Å². The van der Waals surface area contributed by atoms with Crippen molar-refractivity contribution in [2.75, 3.05) is 23.3 Å². The molecule has 1 fully saturated rings. The van der Waals surface area contributed by atoms with Gasteiger partial charge < -0.3 is 15.1 Å². The molecule has 0 spiro atoms. The molecule has 0 saturated heterocycles. The monoisotopic (exact) mass is 410 g/mol. The minimum absolute atomic E-state index is 0.00913. The fourth-order valence-corrected chi connectivity index (χ4v) is 3.93. The van der Waals surface area contributed by atoms with Gasteiger partial charge in [0.25, 0.3) is 5.91 Å². The summed E-state index contributed by atoms with van der Waals surface area (Å²) in [5.41, 5.74) is 4.26. The zero-order chi connectivity index (χ0) is 21.6. The molecule has 1 aliphatic heterocycles. The number of nitrogens with zero attached hydrogens (tertiary/aromatic N) is 5. The van der Waals surface area contributed by atoms with Crippen LogP contribution in [0.4, 0.5) is 11.5 Å². The number of hydrogen-bond donors (Lipinski definition) is 1. The summed E-state index contributed by atoms with van der Waals surface area (Å²) in [5, 5.41) is 7.55. The summed E-state index contributed by atoms with van der Waals surface area (Å²) in [6.45, 7) is 9.45. The summed E-state index contributed by atoms with van der Waals surface area (Å²) in [6, 6.07) is 1.82. The first kappa shape index (κ1) is 20.4. The predicted molar refractivity (Wildman–Crippen MR) is 115 cm³/mol. The van der Waals surface area contributed by atoms with Gasteiger partial charge >= 0.3 is 0 Å². The van der Waals surface area contributed by atoms with Gasteiger partial charge in [-0.05, 0) is 52.5 Å². The van der Waals surface area contributed by atoms with Gasteiger partial charge in [0.05, 0.1) is 23.5 Å². The van der Waals surface area contributed by atoms with Crippen LogP contribution in [0.2, 0.25) is 0 Å². The lowest BCUT2D eigenvalue weighted by Gasteiger charge is -2.31. The molecule has 2 amide bonds. The molecule has 2 aromatic heterocycles. The lowest BCUT2D eigenvalue weighted by Crippen LogP contribution is -2.42. The Hall–Kier alpha value is -2.90. The minimum Gasteiger partial charge on any atom is -0.359 e. The standard InChI is InChI=1S/C22H30N6O2/c1-13(2)27(12-18-14(3)25-26(5)15(18)4)22(30)17-8-19-21(23-9-17)24-10-20(29)28(19)11-16-6-7-16/h8-9,13,16H,6-7,10-12H2,1-5H3,(H,23,24). The van der Waals surface area contributed by atoms with Gasteiger partial charge in [0, 0.05) is 43.6 Å². The number of pyridine rings is 1. The van der Waals surface area contributed by atoms with Crippen LogP contribution in [-0.2, 0) is 18.4 Å². The maximum Gasteiger partial charge on any atom is 0.256 e. The average Bonchev–Trinajstić information content (AvgIpc) is 3.49. The van der Waals surface area contributed by atoms with Crippen molar-refractivity contribution in [1.29, 1.82) is 0 Å². The second-order valence-electron chi connectivity index (χ2n) is 8.69. The minimum atomic E-state index is -0.0904. The van der Waals surface area contributed by atoms with Gasteiger partial charge in [-0.2, -0.15) is 5.10 Å². The van der Waals surface area contributed by atoms with Crippen molar-refractivity contribution < 1.29 is 9.59 Å². The second kappa shape index (κ2) is 7.74.